The van der Waals surface area contributed by atoms with Gasteiger partial charge in [0.1, 0.15) is 5.76 Å². The van der Waals surface area contributed by atoms with E-state index >= 15 is 0 Å². The van der Waals surface area contributed by atoms with Crippen molar-refractivity contribution in [2.75, 3.05) is 0 Å². The molecule has 2 rings (SSSR count). The minimum absolute atomic E-state index is 0.110. The summed E-state index contributed by atoms with van der Waals surface area (Å²) in [4.78, 5) is 0. The summed E-state index contributed by atoms with van der Waals surface area (Å²) in [7, 11) is 0. The minimum Gasteiger partial charge on any atom is -0.479 e. The van der Waals surface area contributed by atoms with Crippen LogP contribution in [0.3, 0.4) is 0 Å². The number of hydrogen-bond acceptors (Lipinski definition) is 1. The highest BCUT2D eigenvalue weighted by Crippen LogP contribution is 2.49. The number of hydrogen-bond donors (Lipinski definition) is 0. The van der Waals surface area contributed by atoms with Crippen LogP contribution in [0.25, 0.3) is 0 Å². The van der Waals surface area contributed by atoms with E-state index in [0.29, 0.717) is 0 Å². The molecule has 1 aliphatic carbocycles. The highest BCUT2D eigenvalue weighted by molar-refractivity contribution is 5.40. The molecule has 0 spiro atoms. The van der Waals surface area contributed by atoms with E-state index in [0.717, 1.165) is 6.42 Å². The Bertz CT molecular complexity index is 237. The molecular formula is C10H14O. The minimum atomic E-state index is 0.110. The van der Waals surface area contributed by atoms with E-state index in [-0.39, 0.29) is 5.60 Å². The van der Waals surface area contributed by atoms with E-state index in [1.54, 1.807) is 0 Å². The van der Waals surface area contributed by atoms with Crippen LogP contribution >= 0.6 is 0 Å². The van der Waals surface area contributed by atoms with Gasteiger partial charge < -0.3 is 4.74 Å². The van der Waals surface area contributed by atoms with Crippen LogP contribution in [0, 0.1) is 0 Å². The summed E-state index contributed by atoms with van der Waals surface area (Å²) in [6.07, 6.45) is 7.88. The molecule has 1 saturated heterocycles. The maximum absolute atomic E-state index is 5.55. The van der Waals surface area contributed by atoms with E-state index < -0.39 is 0 Å². The maximum atomic E-state index is 5.55. The average Bonchev–Trinajstić information content (AvgIpc) is 2.63. The Morgan fingerprint density at radius 3 is 3.18 bits per heavy atom. The van der Waals surface area contributed by atoms with Crippen LogP contribution in [0.4, 0.5) is 0 Å². The van der Waals surface area contributed by atoms with Crippen molar-refractivity contribution in [2.24, 2.45) is 0 Å². The van der Waals surface area contributed by atoms with Crippen LogP contribution in [0.2, 0.25) is 0 Å². The van der Waals surface area contributed by atoms with Gasteiger partial charge in [-0.2, -0.15) is 0 Å². The maximum Gasteiger partial charge on any atom is 0.166 e. The lowest BCUT2D eigenvalue weighted by Gasteiger charge is -2.03. The second kappa shape index (κ2) is 2.13. The zero-order valence-corrected chi connectivity index (χ0v) is 7.18. The first-order valence-corrected chi connectivity index (χ1v) is 4.35. The van der Waals surface area contributed by atoms with Gasteiger partial charge in [0.25, 0.3) is 0 Å². The molecule has 1 heterocycles. The van der Waals surface area contributed by atoms with Crippen LogP contribution < -0.4 is 0 Å². The second-order valence-corrected chi connectivity index (χ2v) is 3.54. The molecule has 0 aromatic heterocycles. The monoisotopic (exact) mass is 150 g/mol. The molecule has 1 heteroatoms. The molecule has 0 aromatic rings. The molecule has 1 atom stereocenters. The molecule has 0 bridgehead atoms. The first kappa shape index (κ1) is 6.96. The third kappa shape index (κ3) is 0.991. The molecule has 0 N–H and O–H groups in total. The van der Waals surface area contributed by atoms with Gasteiger partial charge in [0.2, 0.25) is 0 Å². The van der Waals surface area contributed by atoms with Gasteiger partial charge in [-0.3, -0.25) is 0 Å². The van der Waals surface area contributed by atoms with Crippen molar-refractivity contribution in [3.05, 3.63) is 23.5 Å². The van der Waals surface area contributed by atoms with E-state index in [4.69, 9.17) is 4.74 Å². The van der Waals surface area contributed by atoms with Crippen molar-refractivity contribution in [1.82, 2.24) is 0 Å². The lowest BCUT2D eigenvalue weighted by Crippen LogP contribution is -2.04. The predicted octanol–water partition coefficient (Wildman–Crippen LogP) is 2.79. The van der Waals surface area contributed by atoms with Crippen LogP contribution in [-0.4, -0.2) is 5.60 Å². The Hall–Kier alpha value is -0.720. The summed E-state index contributed by atoms with van der Waals surface area (Å²) in [5.74, 6) is 1.25. The molecule has 0 aromatic carbocycles. The summed E-state index contributed by atoms with van der Waals surface area (Å²) < 4.78 is 5.55. The molecule has 0 radical (unpaired) electrons. The standard InChI is InChI=1S/C10H14O/c1-3-5-8-6-4-7-10(2)9(8)11-10/h4,6H,3,5,7H2,1-2H3. The van der Waals surface area contributed by atoms with E-state index in [9.17, 15) is 0 Å². The van der Waals surface area contributed by atoms with E-state index in [2.05, 4.69) is 26.0 Å². The quantitative estimate of drug-likeness (QED) is 0.551. The summed E-state index contributed by atoms with van der Waals surface area (Å²) in [5.41, 5.74) is 1.53. The molecule has 1 unspecified atom stereocenters. The van der Waals surface area contributed by atoms with Crippen LogP contribution in [0.5, 0.6) is 0 Å². The highest BCUT2D eigenvalue weighted by atomic mass is 16.6. The number of fused-ring (bicyclic) bond motifs is 1. The lowest BCUT2D eigenvalue weighted by atomic mass is 9.96. The normalized spacial score (nSPS) is 33.3. The van der Waals surface area contributed by atoms with Gasteiger partial charge in [0, 0.05) is 6.42 Å². The fourth-order valence-electron chi connectivity index (χ4n) is 1.71. The van der Waals surface area contributed by atoms with Crippen molar-refractivity contribution >= 4 is 0 Å². The van der Waals surface area contributed by atoms with Gasteiger partial charge in [-0.05, 0) is 18.9 Å². The van der Waals surface area contributed by atoms with Crippen molar-refractivity contribution in [3.8, 4) is 0 Å². The molecule has 1 nitrogen and oxygen atoms in total. The number of rotatable bonds is 2. The van der Waals surface area contributed by atoms with Gasteiger partial charge in [-0.15, -0.1) is 0 Å². The van der Waals surface area contributed by atoms with Crippen molar-refractivity contribution in [1.29, 1.82) is 0 Å². The molecule has 1 fully saturated rings. The number of epoxide rings is 1. The first-order valence-electron chi connectivity index (χ1n) is 4.35. The Morgan fingerprint density at radius 1 is 1.64 bits per heavy atom. The average molecular weight is 150 g/mol. The van der Waals surface area contributed by atoms with Crippen LogP contribution in [0.15, 0.2) is 23.5 Å². The van der Waals surface area contributed by atoms with Gasteiger partial charge in [-0.1, -0.05) is 25.5 Å². The SMILES string of the molecule is CCCC1=C2OC2(C)CC=C1. The van der Waals surface area contributed by atoms with Gasteiger partial charge in [0.05, 0.1) is 0 Å². The van der Waals surface area contributed by atoms with E-state index in [1.807, 2.05) is 0 Å². The summed E-state index contributed by atoms with van der Waals surface area (Å²) in [5, 5.41) is 0. The first-order chi connectivity index (χ1) is 5.26. The fraction of sp³-hybridized carbons (Fsp3) is 0.600. The highest BCUT2D eigenvalue weighted by Gasteiger charge is 2.49. The Labute approximate surface area is 67.7 Å². The Kier molecular flexibility index (Phi) is 1.35. The van der Waals surface area contributed by atoms with Crippen molar-refractivity contribution in [3.63, 3.8) is 0 Å². The summed E-state index contributed by atoms with van der Waals surface area (Å²) in [6.45, 7) is 4.37. The van der Waals surface area contributed by atoms with E-state index in [1.165, 1.54) is 24.2 Å². The fourth-order valence-corrected chi connectivity index (χ4v) is 1.71. The smallest absolute Gasteiger partial charge is 0.166 e. The molecule has 11 heavy (non-hydrogen) atoms. The van der Waals surface area contributed by atoms with Gasteiger partial charge in [0.15, 0.2) is 5.60 Å². The zero-order chi connectivity index (χ0) is 7.90. The topological polar surface area (TPSA) is 12.5 Å². The largest absolute Gasteiger partial charge is 0.479 e. The summed E-state index contributed by atoms with van der Waals surface area (Å²) in [6, 6.07) is 0. The Balaban J connectivity index is 2.19. The van der Waals surface area contributed by atoms with Gasteiger partial charge >= 0.3 is 0 Å². The Morgan fingerprint density at radius 2 is 2.45 bits per heavy atom. The zero-order valence-electron chi connectivity index (χ0n) is 7.18. The molecular weight excluding hydrogens is 136 g/mol. The van der Waals surface area contributed by atoms with Gasteiger partial charge in [-0.25, -0.2) is 0 Å². The molecule has 60 valence electrons. The third-order valence-electron chi connectivity index (χ3n) is 2.40. The van der Waals surface area contributed by atoms with Crippen LogP contribution in [0.1, 0.15) is 33.1 Å². The molecule has 0 amide bonds. The molecule has 0 saturated carbocycles. The van der Waals surface area contributed by atoms with Crippen LogP contribution in [-0.2, 0) is 4.74 Å². The van der Waals surface area contributed by atoms with Crippen molar-refractivity contribution < 1.29 is 4.74 Å². The predicted molar refractivity (Wildman–Crippen MR) is 45.2 cm³/mol. The van der Waals surface area contributed by atoms with Crippen molar-refractivity contribution in [2.45, 2.75) is 38.7 Å². The number of ether oxygens (including phenoxy) is 1. The molecule has 1 aliphatic heterocycles. The second-order valence-electron chi connectivity index (χ2n) is 3.54. The third-order valence-corrected chi connectivity index (χ3v) is 2.40. The molecule has 2 aliphatic rings. The summed E-state index contributed by atoms with van der Waals surface area (Å²) >= 11 is 0. The number of allylic oxidation sites excluding steroid dienone is 2. The lowest BCUT2D eigenvalue weighted by molar-refractivity contribution is 0.334.